The van der Waals surface area contributed by atoms with E-state index in [0.717, 1.165) is 32.4 Å². The third kappa shape index (κ3) is 4.17. The van der Waals surface area contributed by atoms with Crippen LogP contribution in [0.1, 0.15) is 19.3 Å². The molecule has 0 bridgehead atoms. The molecular weight excluding hydrogens is 286 g/mol. The van der Waals surface area contributed by atoms with Crippen molar-refractivity contribution in [1.29, 1.82) is 0 Å². The number of hydrogen-bond acceptors (Lipinski definition) is 5. The molecule has 0 saturated carbocycles. The SMILES string of the molecule is CNC(=O)[C@H]1CCCN1CCCOc1ccc([N+](=O)[O-])cc1. The monoisotopic (exact) mass is 307 g/mol. The number of nitrogens with zero attached hydrogens (tertiary/aromatic N) is 2. The van der Waals surface area contributed by atoms with Gasteiger partial charge in [-0.3, -0.25) is 19.8 Å². The topological polar surface area (TPSA) is 84.7 Å². The van der Waals surface area contributed by atoms with E-state index in [1.54, 1.807) is 19.2 Å². The molecule has 1 heterocycles. The minimum atomic E-state index is -0.434. The number of non-ortho nitro benzene ring substituents is 1. The van der Waals surface area contributed by atoms with E-state index in [0.29, 0.717) is 12.4 Å². The summed E-state index contributed by atoms with van der Waals surface area (Å²) in [4.78, 5) is 24.0. The third-order valence-corrected chi connectivity index (χ3v) is 3.82. The van der Waals surface area contributed by atoms with E-state index in [-0.39, 0.29) is 17.6 Å². The molecule has 1 aromatic carbocycles. The standard InChI is InChI=1S/C15H21N3O4/c1-16-15(19)14-4-2-9-17(14)10-3-11-22-13-7-5-12(6-8-13)18(20)21/h5-8,14H,2-4,9-11H2,1H3,(H,16,19)/t14-/m1/s1. The fourth-order valence-electron chi connectivity index (χ4n) is 2.68. The molecule has 0 radical (unpaired) electrons. The van der Waals surface area contributed by atoms with Gasteiger partial charge in [0.25, 0.3) is 5.69 Å². The minimum absolute atomic E-state index is 0.0237. The van der Waals surface area contributed by atoms with E-state index in [4.69, 9.17) is 4.74 Å². The fourth-order valence-corrected chi connectivity index (χ4v) is 2.68. The van der Waals surface area contributed by atoms with Crippen molar-refractivity contribution in [3.8, 4) is 5.75 Å². The molecule has 1 amide bonds. The zero-order chi connectivity index (χ0) is 15.9. The fraction of sp³-hybridized carbons (Fsp3) is 0.533. The molecule has 0 spiro atoms. The van der Waals surface area contributed by atoms with Gasteiger partial charge >= 0.3 is 0 Å². The van der Waals surface area contributed by atoms with Crippen LogP contribution in [0.5, 0.6) is 5.75 Å². The lowest BCUT2D eigenvalue weighted by Gasteiger charge is -2.22. The number of likely N-dealkylation sites (N-methyl/N-ethyl adjacent to an activating group) is 1. The summed E-state index contributed by atoms with van der Waals surface area (Å²) >= 11 is 0. The summed E-state index contributed by atoms with van der Waals surface area (Å²) in [7, 11) is 1.66. The van der Waals surface area contributed by atoms with Crippen molar-refractivity contribution in [2.45, 2.75) is 25.3 Å². The maximum absolute atomic E-state index is 11.7. The molecule has 1 aromatic rings. The van der Waals surface area contributed by atoms with Gasteiger partial charge in [-0.25, -0.2) is 0 Å². The van der Waals surface area contributed by atoms with Gasteiger partial charge in [-0.2, -0.15) is 0 Å². The van der Waals surface area contributed by atoms with Gasteiger partial charge in [-0.1, -0.05) is 0 Å². The molecule has 1 aliphatic heterocycles. The molecule has 1 fully saturated rings. The van der Waals surface area contributed by atoms with Crippen LogP contribution >= 0.6 is 0 Å². The normalized spacial score (nSPS) is 18.1. The van der Waals surface area contributed by atoms with Gasteiger partial charge in [-0.15, -0.1) is 0 Å². The minimum Gasteiger partial charge on any atom is -0.494 e. The molecule has 0 unspecified atom stereocenters. The summed E-state index contributed by atoms with van der Waals surface area (Å²) in [5.41, 5.74) is 0.0536. The first-order chi connectivity index (χ1) is 10.6. The molecule has 120 valence electrons. The van der Waals surface area contributed by atoms with Crippen LogP contribution in [-0.2, 0) is 4.79 Å². The van der Waals surface area contributed by atoms with Gasteiger partial charge in [-0.05, 0) is 37.9 Å². The van der Waals surface area contributed by atoms with Gasteiger partial charge in [0.15, 0.2) is 0 Å². The Labute approximate surface area is 129 Å². The second-order valence-corrected chi connectivity index (χ2v) is 5.26. The Morgan fingerprint density at radius 3 is 2.82 bits per heavy atom. The molecule has 22 heavy (non-hydrogen) atoms. The highest BCUT2D eigenvalue weighted by molar-refractivity contribution is 5.81. The van der Waals surface area contributed by atoms with Crippen molar-refractivity contribution in [2.24, 2.45) is 0 Å². The number of likely N-dealkylation sites (tertiary alicyclic amines) is 1. The number of nitro groups is 1. The summed E-state index contributed by atoms with van der Waals surface area (Å²) in [5.74, 6) is 0.698. The largest absolute Gasteiger partial charge is 0.494 e. The number of benzene rings is 1. The Balaban J connectivity index is 1.72. The predicted octanol–water partition coefficient (Wildman–Crippen LogP) is 1.57. The van der Waals surface area contributed by atoms with E-state index < -0.39 is 4.92 Å². The van der Waals surface area contributed by atoms with Crippen molar-refractivity contribution in [3.63, 3.8) is 0 Å². The molecule has 2 rings (SSSR count). The summed E-state index contributed by atoms with van der Waals surface area (Å²) in [6, 6.07) is 6.03. The molecule has 0 aliphatic carbocycles. The van der Waals surface area contributed by atoms with Gasteiger partial charge in [0, 0.05) is 25.7 Å². The zero-order valence-corrected chi connectivity index (χ0v) is 12.7. The summed E-state index contributed by atoms with van der Waals surface area (Å²) in [6.45, 7) is 2.27. The Bertz CT molecular complexity index is 518. The molecule has 1 saturated heterocycles. The zero-order valence-electron chi connectivity index (χ0n) is 12.7. The van der Waals surface area contributed by atoms with E-state index >= 15 is 0 Å². The van der Waals surface area contributed by atoms with E-state index in [9.17, 15) is 14.9 Å². The van der Waals surface area contributed by atoms with Gasteiger partial charge < -0.3 is 10.1 Å². The van der Waals surface area contributed by atoms with Gasteiger partial charge in [0.2, 0.25) is 5.91 Å². The van der Waals surface area contributed by atoms with Crippen molar-refractivity contribution in [1.82, 2.24) is 10.2 Å². The van der Waals surface area contributed by atoms with Gasteiger partial charge in [0.1, 0.15) is 5.75 Å². The Hall–Kier alpha value is -2.15. The number of nitrogens with one attached hydrogen (secondary N) is 1. The summed E-state index contributed by atoms with van der Waals surface area (Å²) in [6.07, 6.45) is 2.76. The summed E-state index contributed by atoms with van der Waals surface area (Å²) < 4.78 is 5.57. The number of nitro benzene ring substituents is 1. The first-order valence-electron chi connectivity index (χ1n) is 7.44. The molecule has 7 heteroatoms. The van der Waals surface area contributed by atoms with Crippen LogP contribution in [0.4, 0.5) is 5.69 Å². The number of amides is 1. The smallest absolute Gasteiger partial charge is 0.269 e. The van der Waals surface area contributed by atoms with Crippen LogP contribution < -0.4 is 10.1 Å². The average Bonchev–Trinajstić information content (AvgIpc) is 2.99. The molecule has 1 atom stereocenters. The lowest BCUT2D eigenvalue weighted by atomic mass is 10.2. The Morgan fingerprint density at radius 1 is 1.45 bits per heavy atom. The molecule has 0 aromatic heterocycles. The van der Waals surface area contributed by atoms with Crippen LogP contribution in [0, 0.1) is 10.1 Å². The Kier molecular flexibility index (Phi) is 5.71. The average molecular weight is 307 g/mol. The van der Waals surface area contributed by atoms with Crippen molar-refractivity contribution < 1.29 is 14.5 Å². The first kappa shape index (κ1) is 16.2. The van der Waals surface area contributed by atoms with Crippen molar-refractivity contribution in [3.05, 3.63) is 34.4 Å². The van der Waals surface area contributed by atoms with E-state index in [2.05, 4.69) is 10.2 Å². The molecule has 1 aliphatic rings. The second-order valence-electron chi connectivity index (χ2n) is 5.26. The lowest BCUT2D eigenvalue weighted by molar-refractivity contribution is -0.384. The molecular formula is C15H21N3O4. The van der Waals surface area contributed by atoms with E-state index in [1.165, 1.54) is 12.1 Å². The quantitative estimate of drug-likeness (QED) is 0.469. The lowest BCUT2D eigenvalue weighted by Crippen LogP contribution is -2.42. The number of hydrogen-bond donors (Lipinski definition) is 1. The Morgan fingerprint density at radius 2 is 2.18 bits per heavy atom. The maximum Gasteiger partial charge on any atom is 0.269 e. The van der Waals surface area contributed by atoms with Crippen LogP contribution in [0.2, 0.25) is 0 Å². The predicted molar refractivity (Wildman–Crippen MR) is 81.9 cm³/mol. The van der Waals surface area contributed by atoms with Crippen LogP contribution in [0.25, 0.3) is 0 Å². The van der Waals surface area contributed by atoms with Crippen molar-refractivity contribution in [2.75, 3.05) is 26.7 Å². The third-order valence-electron chi connectivity index (χ3n) is 3.82. The van der Waals surface area contributed by atoms with Crippen LogP contribution in [0.15, 0.2) is 24.3 Å². The molecule has 7 nitrogen and oxygen atoms in total. The molecule has 1 N–H and O–H groups in total. The van der Waals surface area contributed by atoms with Crippen LogP contribution in [0.3, 0.4) is 0 Å². The van der Waals surface area contributed by atoms with Gasteiger partial charge in [0.05, 0.1) is 17.6 Å². The highest BCUT2D eigenvalue weighted by Crippen LogP contribution is 2.19. The highest BCUT2D eigenvalue weighted by Gasteiger charge is 2.29. The number of carbonyl (C=O) groups excluding carboxylic acids is 1. The van der Waals surface area contributed by atoms with Crippen molar-refractivity contribution >= 4 is 11.6 Å². The first-order valence-corrected chi connectivity index (χ1v) is 7.44. The van der Waals surface area contributed by atoms with E-state index in [1.807, 2.05) is 0 Å². The number of ether oxygens (including phenoxy) is 1. The second kappa shape index (κ2) is 7.74. The number of carbonyl (C=O) groups is 1. The highest BCUT2D eigenvalue weighted by atomic mass is 16.6. The maximum atomic E-state index is 11.7. The summed E-state index contributed by atoms with van der Waals surface area (Å²) in [5, 5.41) is 13.3. The number of rotatable bonds is 7. The van der Waals surface area contributed by atoms with Crippen LogP contribution in [-0.4, -0.2) is 48.5 Å².